The summed E-state index contributed by atoms with van der Waals surface area (Å²) in [5, 5.41) is 5.19. The van der Waals surface area contributed by atoms with Gasteiger partial charge in [-0.15, -0.1) is 0 Å². The molecule has 0 saturated heterocycles. The Morgan fingerprint density at radius 1 is 1.20 bits per heavy atom. The van der Waals surface area contributed by atoms with Crippen molar-refractivity contribution in [2.75, 3.05) is 25.7 Å². The Balaban J connectivity index is 1.66. The standard InChI is InChI=1S/C17H18N6O2/c1-22(9-13-12-5-3-4-6-14(12)25-21-13)16-15-17(19-10-18-16)23(11-20-15)7-8-24-2/h3-6,10-11H,7-9H2,1-2H3. The van der Waals surface area contributed by atoms with E-state index < -0.39 is 0 Å². The zero-order valence-corrected chi connectivity index (χ0v) is 14.1. The number of hydrogen-bond acceptors (Lipinski definition) is 7. The van der Waals surface area contributed by atoms with Crippen molar-refractivity contribution >= 4 is 28.0 Å². The Hall–Kier alpha value is -3.00. The van der Waals surface area contributed by atoms with Gasteiger partial charge in [-0.3, -0.25) is 0 Å². The van der Waals surface area contributed by atoms with Gasteiger partial charge < -0.3 is 18.7 Å². The Morgan fingerprint density at radius 2 is 2.08 bits per heavy atom. The number of anilines is 1. The monoisotopic (exact) mass is 338 g/mol. The fraction of sp³-hybridized carbons (Fsp3) is 0.294. The highest BCUT2D eigenvalue weighted by Gasteiger charge is 2.16. The van der Waals surface area contributed by atoms with Crippen molar-refractivity contribution in [3.8, 4) is 0 Å². The van der Waals surface area contributed by atoms with Gasteiger partial charge in [0.05, 0.1) is 19.5 Å². The number of fused-ring (bicyclic) bond motifs is 2. The number of imidazole rings is 1. The zero-order valence-electron chi connectivity index (χ0n) is 14.1. The molecule has 0 bridgehead atoms. The smallest absolute Gasteiger partial charge is 0.167 e. The largest absolute Gasteiger partial charge is 0.383 e. The van der Waals surface area contributed by atoms with Crippen molar-refractivity contribution in [1.82, 2.24) is 24.7 Å². The number of benzene rings is 1. The number of methoxy groups -OCH3 is 1. The van der Waals surface area contributed by atoms with E-state index in [1.165, 1.54) is 0 Å². The molecule has 8 heteroatoms. The number of hydrogen-bond donors (Lipinski definition) is 0. The van der Waals surface area contributed by atoms with Crippen LogP contribution in [0.1, 0.15) is 5.69 Å². The summed E-state index contributed by atoms with van der Waals surface area (Å²) in [7, 11) is 3.63. The summed E-state index contributed by atoms with van der Waals surface area (Å²) in [6, 6.07) is 7.82. The van der Waals surface area contributed by atoms with Crippen molar-refractivity contribution in [1.29, 1.82) is 0 Å². The molecule has 0 spiro atoms. The number of rotatable bonds is 6. The molecule has 1 aromatic carbocycles. The molecule has 0 N–H and O–H groups in total. The first-order valence-electron chi connectivity index (χ1n) is 7.97. The van der Waals surface area contributed by atoms with E-state index in [0.29, 0.717) is 19.7 Å². The molecule has 0 amide bonds. The molecule has 8 nitrogen and oxygen atoms in total. The summed E-state index contributed by atoms with van der Waals surface area (Å²) in [6.45, 7) is 1.86. The van der Waals surface area contributed by atoms with E-state index in [4.69, 9.17) is 9.26 Å². The number of nitrogens with zero attached hydrogens (tertiary/aromatic N) is 6. The number of aromatic nitrogens is 5. The molecule has 128 valence electrons. The molecule has 0 radical (unpaired) electrons. The van der Waals surface area contributed by atoms with Gasteiger partial charge in [-0.05, 0) is 12.1 Å². The Kier molecular flexibility index (Phi) is 4.02. The summed E-state index contributed by atoms with van der Waals surface area (Å²) in [4.78, 5) is 15.3. The third-order valence-corrected chi connectivity index (χ3v) is 4.12. The van der Waals surface area contributed by atoms with Crippen LogP contribution < -0.4 is 4.90 Å². The molecular weight excluding hydrogens is 320 g/mol. The molecule has 0 aliphatic rings. The zero-order chi connectivity index (χ0) is 17.2. The maximum atomic E-state index is 5.38. The first-order chi connectivity index (χ1) is 12.3. The third kappa shape index (κ3) is 2.80. The van der Waals surface area contributed by atoms with Crippen LogP contribution in [0.3, 0.4) is 0 Å². The number of ether oxygens (including phenoxy) is 1. The lowest BCUT2D eigenvalue weighted by Crippen LogP contribution is -2.18. The lowest BCUT2D eigenvalue weighted by atomic mass is 10.2. The lowest BCUT2D eigenvalue weighted by molar-refractivity contribution is 0.188. The minimum atomic E-state index is 0.564. The van der Waals surface area contributed by atoms with E-state index in [2.05, 4.69) is 20.1 Å². The minimum Gasteiger partial charge on any atom is -0.383 e. The van der Waals surface area contributed by atoms with Gasteiger partial charge in [0.1, 0.15) is 12.0 Å². The Morgan fingerprint density at radius 3 is 2.96 bits per heavy atom. The predicted molar refractivity (Wildman–Crippen MR) is 93.3 cm³/mol. The first-order valence-corrected chi connectivity index (χ1v) is 7.97. The van der Waals surface area contributed by atoms with Crippen LogP contribution in [-0.2, 0) is 17.8 Å². The second-order valence-electron chi connectivity index (χ2n) is 5.78. The summed E-state index contributed by atoms with van der Waals surface area (Å²) >= 11 is 0. The molecule has 3 heterocycles. The third-order valence-electron chi connectivity index (χ3n) is 4.12. The van der Waals surface area contributed by atoms with Gasteiger partial charge in [-0.2, -0.15) is 0 Å². The predicted octanol–water partition coefficient (Wildman–Crippen LogP) is 2.25. The Labute approximate surface area is 144 Å². The average molecular weight is 338 g/mol. The molecule has 0 unspecified atom stereocenters. The highest BCUT2D eigenvalue weighted by Crippen LogP contribution is 2.24. The van der Waals surface area contributed by atoms with Crippen molar-refractivity contribution in [2.45, 2.75) is 13.1 Å². The van der Waals surface area contributed by atoms with Crippen LogP contribution in [0.2, 0.25) is 0 Å². The normalized spacial score (nSPS) is 11.4. The van der Waals surface area contributed by atoms with Crippen LogP contribution >= 0.6 is 0 Å². The van der Waals surface area contributed by atoms with Crippen LogP contribution in [0.4, 0.5) is 5.82 Å². The van der Waals surface area contributed by atoms with Gasteiger partial charge in [-0.25, -0.2) is 15.0 Å². The molecule has 25 heavy (non-hydrogen) atoms. The molecule has 0 fully saturated rings. The van der Waals surface area contributed by atoms with Crippen molar-refractivity contribution < 1.29 is 9.26 Å². The highest BCUT2D eigenvalue weighted by molar-refractivity contribution is 5.84. The van der Waals surface area contributed by atoms with Gasteiger partial charge in [0.15, 0.2) is 22.6 Å². The summed E-state index contributed by atoms with van der Waals surface area (Å²) in [5.41, 5.74) is 3.19. The highest BCUT2D eigenvalue weighted by atomic mass is 16.5. The number of para-hydroxylation sites is 1. The van der Waals surface area contributed by atoms with E-state index in [-0.39, 0.29) is 0 Å². The maximum Gasteiger partial charge on any atom is 0.167 e. The Bertz CT molecular complexity index is 1010. The fourth-order valence-corrected chi connectivity index (χ4v) is 2.85. The minimum absolute atomic E-state index is 0.564. The van der Waals surface area contributed by atoms with Gasteiger partial charge >= 0.3 is 0 Å². The molecule has 3 aromatic heterocycles. The van der Waals surface area contributed by atoms with Crippen LogP contribution in [0.5, 0.6) is 0 Å². The molecule has 4 rings (SSSR count). The summed E-state index contributed by atoms with van der Waals surface area (Å²) in [6.07, 6.45) is 3.32. The van der Waals surface area contributed by atoms with Gasteiger partial charge in [-0.1, -0.05) is 17.3 Å². The maximum absolute atomic E-state index is 5.38. The molecule has 0 saturated carbocycles. The van der Waals surface area contributed by atoms with E-state index in [1.54, 1.807) is 19.8 Å². The second-order valence-corrected chi connectivity index (χ2v) is 5.78. The van der Waals surface area contributed by atoms with E-state index in [1.807, 2.05) is 40.8 Å². The second kappa shape index (κ2) is 6.48. The van der Waals surface area contributed by atoms with E-state index in [9.17, 15) is 0 Å². The lowest BCUT2D eigenvalue weighted by Gasteiger charge is -2.16. The van der Waals surface area contributed by atoms with Crippen molar-refractivity contribution in [2.24, 2.45) is 0 Å². The molecule has 0 aliphatic heterocycles. The van der Waals surface area contributed by atoms with Crippen LogP contribution in [0.15, 0.2) is 41.4 Å². The molecule has 0 aliphatic carbocycles. The van der Waals surface area contributed by atoms with Crippen molar-refractivity contribution in [3.63, 3.8) is 0 Å². The van der Waals surface area contributed by atoms with Crippen LogP contribution in [0.25, 0.3) is 22.1 Å². The molecule has 4 aromatic rings. The van der Waals surface area contributed by atoms with Gasteiger partial charge in [0.2, 0.25) is 0 Å². The molecular formula is C17H18N6O2. The van der Waals surface area contributed by atoms with Gasteiger partial charge in [0.25, 0.3) is 0 Å². The summed E-state index contributed by atoms with van der Waals surface area (Å²) < 4.78 is 12.5. The average Bonchev–Trinajstić information content (AvgIpc) is 3.24. The quantitative estimate of drug-likeness (QED) is 0.533. The van der Waals surface area contributed by atoms with Gasteiger partial charge in [0, 0.05) is 26.1 Å². The first kappa shape index (κ1) is 15.5. The van der Waals surface area contributed by atoms with E-state index >= 15 is 0 Å². The van der Waals surface area contributed by atoms with Crippen LogP contribution in [0, 0.1) is 0 Å². The summed E-state index contributed by atoms with van der Waals surface area (Å²) in [5.74, 6) is 0.758. The topological polar surface area (TPSA) is 82.1 Å². The fourth-order valence-electron chi connectivity index (χ4n) is 2.85. The van der Waals surface area contributed by atoms with E-state index in [0.717, 1.165) is 33.6 Å². The SMILES string of the molecule is COCCn1cnc2c(N(C)Cc3noc4ccccc34)ncnc21. The van der Waals surface area contributed by atoms with Crippen molar-refractivity contribution in [3.05, 3.63) is 42.6 Å². The van der Waals surface area contributed by atoms with Crippen LogP contribution in [-0.4, -0.2) is 45.4 Å². The molecule has 0 atom stereocenters.